The minimum absolute atomic E-state index is 0.0491. The highest BCUT2D eigenvalue weighted by Crippen LogP contribution is 2.26. The molecule has 5 rings (SSSR count). The van der Waals surface area contributed by atoms with E-state index in [2.05, 4.69) is 48.1 Å². The summed E-state index contributed by atoms with van der Waals surface area (Å²) in [7, 11) is 0. The van der Waals surface area contributed by atoms with Gasteiger partial charge in [0.15, 0.2) is 4.96 Å². The van der Waals surface area contributed by atoms with Crippen molar-refractivity contribution >= 4 is 43.8 Å². The highest BCUT2D eigenvalue weighted by Gasteiger charge is 2.13. The van der Waals surface area contributed by atoms with Gasteiger partial charge < -0.3 is 4.74 Å². The Morgan fingerprint density at radius 1 is 1.06 bits per heavy atom. The first-order valence-electron chi connectivity index (χ1n) is 10.6. The van der Waals surface area contributed by atoms with E-state index in [0.717, 1.165) is 20.8 Å². The molecule has 0 atom stereocenters. The molecule has 0 aliphatic heterocycles. The largest absolute Gasteiger partial charge is 0.459 e. The molecule has 5 aromatic rings. The molecule has 0 aliphatic carbocycles. The smallest absolute Gasteiger partial charge is 0.312 e. The molecule has 0 bridgehead atoms. The average Bonchev–Trinajstić information content (AvgIpc) is 3.42. The van der Waals surface area contributed by atoms with E-state index < -0.39 is 5.97 Å². The summed E-state index contributed by atoms with van der Waals surface area (Å²) in [4.78, 5) is 34.6. The SMILES string of the molecule is CC(C)c1ccc(-c2nc(CC(=O)OCc3cc(=O)n4c(n3)sc3ccccc34)cs2)cc1. The number of benzene rings is 2. The Morgan fingerprint density at radius 3 is 2.64 bits per heavy atom. The predicted molar refractivity (Wildman–Crippen MR) is 132 cm³/mol. The second-order valence-corrected chi connectivity index (χ2v) is 9.90. The van der Waals surface area contributed by atoms with Crippen molar-refractivity contribution in [3.8, 4) is 10.6 Å². The van der Waals surface area contributed by atoms with Gasteiger partial charge in [-0.2, -0.15) is 0 Å². The number of hydrogen-bond acceptors (Lipinski definition) is 7. The fraction of sp³-hybridized carbons (Fsp3) is 0.200. The topological polar surface area (TPSA) is 73.6 Å². The fourth-order valence-electron chi connectivity index (χ4n) is 3.58. The van der Waals surface area contributed by atoms with Gasteiger partial charge in [0.2, 0.25) is 0 Å². The van der Waals surface area contributed by atoms with Crippen molar-refractivity contribution in [3.05, 3.63) is 87.3 Å². The molecule has 3 aromatic heterocycles. The number of thiazole rings is 2. The van der Waals surface area contributed by atoms with E-state index in [4.69, 9.17) is 4.74 Å². The van der Waals surface area contributed by atoms with Gasteiger partial charge >= 0.3 is 5.97 Å². The average molecular weight is 476 g/mol. The van der Waals surface area contributed by atoms with Crippen molar-refractivity contribution in [1.29, 1.82) is 0 Å². The van der Waals surface area contributed by atoms with Crippen molar-refractivity contribution < 1.29 is 9.53 Å². The highest BCUT2D eigenvalue weighted by atomic mass is 32.1. The zero-order chi connectivity index (χ0) is 22.9. The number of ether oxygens (including phenoxy) is 1. The van der Waals surface area contributed by atoms with Crippen molar-refractivity contribution in [2.45, 2.75) is 32.8 Å². The second-order valence-electron chi connectivity index (χ2n) is 8.03. The molecular formula is C25H21N3O3S2. The van der Waals surface area contributed by atoms with Crippen LogP contribution in [0.5, 0.6) is 0 Å². The molecule has 0 aliphatic rings. The molecule has 0 spiro atoms. The van der Waals surface area contributed by atoms with Gasteiger partial charge in [-0.1, -0.05) is 61.6 Å². The number of hydrogen-bond donors (Lipinski definition) is 0. The van der Waals surface area contributed by atoms with Crippen LogP contribution in [0.2, 0.25) is 0 Å². The third-order valence-electron chi connectivity index (χ3n) is 5.33. The van der Waals surface area contributed by atoms with Crippen molar-refractivity contribution in [1.82, 2.24) is 14.4 Å². The first-order chi connectivity index (χ1) is 16.0. The molecule has 0 N–H and O–H groups in total. The lowest BCUT2D eigenvalue weighted by Crippen LogP contribution is -2.15. The van der Waals surface area contributed by atoms with Gasteiger partial charge in [0.25, 0.3) is 5.56 Å². The normalized spacial score (nSPS) is 11.5. The third-order valence-corrected chi connectivity index (χ3v) is 7.29. The standard InChI is InChI=1S/C25H21N3O3S2/c1-15(2)16-7-9-17(10-8-16)24-26-19(14-32-24)12-23(30)31-13-18-11-22(29)28-20-5-3-4-6-21(20)33-25(28)27-18/h3-11,14-15H,12-13H2,1-2H3. The van der Waals surface area contributed by atoms with Crippen LogP contribution < -0.4 is 5.56 Å². The summed E-state index contributed by atoms with van der Waals surface area (Å²) < 4.78 is 7.95. The lowest BCUT2D eigenvalue weighted by atomic mass is 10.0. The molecule has 166 valence electrons. The van der Waals surface area contributed by atoms with E-state index in [9.17, 15) is 9.59 Å². The summed E-state index contributed by atoms with van der Waals surface area (Å²) in [6.07, 6.45) is 0.0741. The summed E-state index contributed by atoms with van der Waals surface area (Å²) in [5, 5.41) is 2.75. The van der Waals surface area contributed by atoms with E-state index in [0.29, 0.717) is 22.3 Å². The lowest BCUT2D eigenvalue weighted by Gasteiger charge is -2.05. The van der Waals surface area contributed by atoms with Gasteiger partial charge in [-0.3, -0.25) is 14.0 Å². The van der Waals surface area contributed by atoms with Crippen LogP contribution in [0.3, 0.4) is 0 Å². The Labute approximate surface area is 198 Å². The van der Waals surface area contributed by atoms with E-state index in [1.807, 2.05) is 29.6 Å². The minimum Gasteiger partial charge on any atom is -0.459 e. The van der Waals surface area contributed by atoms with E-state index in [1.54, 1.807) is 4.40 Å². The molecule has 0 fully saturated rings. The molecule has 0 unspecified atom stereocenters. The second kappa shape index (κ2) is 8.88. The zero-order valence-corrected chi connectivity index (χ0v) is 19.8. The van der Waals surface area contributed by atoms with Gasteiger partial charge in [0, 0.05) is 17.0 Å². The Morgan fingerprint density at radius 2 is 1.85 bits per heavy atom. The number of carbonyl (C=O) groups excluding carboxylic acids is 1. The summed E-state index contributed by atoms with van der Waals surface area (Å²) >= 11 is 2.94. The van der Waals surface area contributed by atoms with Crippen LogP contribution in [-0.4, -0.2) is 20.3 Å². The van der Waals surface area contributed by atoms with Gasteiger partial charge in [-0.05, 0) is 23.6 Å². The number of aromatic nitrogens is 3. The summed E-state index contributed by atoms with van der Waals surface area (Å²) in [5.41, 5.74) is 4.06. The number of fused-ring (bicyclic) bond motifs is 3. The molecule has 8 heteroatoms. The van der Waals surface area contributed by atoms with E-state index >= 15 is 0 Å². The van der Waals surface area contributed by atoms with Crippen molar-refractivity contribution in [2.24, 2.45) is 0 Å². The lowest BCUT2D eigenvalue weighted by molar-refractivity contribution is -0.144. The van der Waals surface area contributed by atoms with Crippen molar-refractivity contribution in [3.63, 3.8) is 0 Å². The molecule has 0 saturated heterocycles. The van der Waals surface area contributed by atoms with Gasteiger partial charge in [-0.15, -0.1) is 11.3 Å². The van der Waals surface area contributed by atoms with Gasteiger partial charge in [0.1, 0.15) is 11.6 Å². The molecule has 0 saturated carbocycles. The Balaban J connectivity index is 1.25. The number of para-hydroxylation sites is 1. The summed E-state index contributed by atoms with van der Waals surface area (Å²) in [6.45, 7) is 4.27. The molecule has 0 radical (unpaired) electrons. The number of rotatable bonds is 6. The molecule has 0 amide bonds. The van der Waals surface area contributed by atoms with Gasteiger partial charge in [-0.25, -0.2) is 9.97 Å². The quantitative estimate of drug-likeness (QED) is 0.306. The number of esters is 1. The molecule has 6 nitrogen and oxygen atoms in total. The van der Waals surface area contributed by atoms with Crippen LogP contribution >= 0.6 is 22.7 Å². The number of carbonyl (C=O) groups is 1. The molecule has 2 aromatic carbocycles. The Hall–Kier alpha value is -3.36. The van der Waals surface area contributed by atoms with Crippen LogP contribution in [0.15, 0.2) is 64.8 Å². The van der Waals surface area contributed by atoms with Crippen molar-refractivity contribution in [2.75, 3.05) is 0 Å². The Bertz CT molecular complexity index is 1510. The van der Waals surface area contributed by atoms with Gasteiger partial charge in [0.05, 0.1) is 28.0 Å². The van der Waals surface area contributed by atoms with Crippen LogP contribution in [0.25, 0.3) is 25.7 Å². The van der Waals surface area contributed by atoms with Crippen LogP contribution in [0.4, 0.5) is 0 Å². The fourth-order valence-corrected chi connectivity index (χ4v) is 5.46. The maximum atomic E-state index is 12.6. The van der Waals surface area contributed by atoms with Crippen LogP contribution in [-0.2, 0) is 22.6 Å². The maximum Gasteiger partial charge on any atom is 0.312 e. The Kier molecular flexibility index (Phi) is 5.78. The third kappa shape index (κ3) is 4.44. The maximum absolute atomic E-state index is 12.6. The first-order valence-corrected chi connectivity index (χ1v) is 12.3. The van der Waals surface area contributed by atoms with E-state index in [1.165, 1.54) is 34.3 Å². The number of nitrogens with zero attached hydrogens (tertiary/aromatic N) is 3. The first kappa shape index (κ1) is 21.5. The predicted octanol–water partition coefficient (Wildman–Crippen LogP) is 5.44. The van der Waals surface area contributed by atoms with E-state index in [-0.39, 0.29) is 18.6 Å². The molecular weight excluding hydrogens is 454 g/mol. The summed E-state index contributed by atoms with van der Waals surface area (Å²) in [5.74, 6) is 0.0754. The summed E-state index contributed by atoms with van der Waals surface area (Å²) in [6, 6.07) is 17.4. The highest BCUT2D eigenvalue weighted by molar-refractivity contribution is 7.23. The molecule has 3 heterocycles. The van der Waals surface area contributed by atoms with Crippen LogP contribution in [0.1, 0.15) is 36.7 Å². The molecule has 33 heavy (non-hydrogen) atoms. The monoisotopic (exact) mass is 475 g/mol. The minimum atomic E-state index is -0.402. The van der Waals surface area contributed by atoms with Crippen LogP contribution in [0, 0.1) is 0 Å². The zero-order valence-electron chi connectivity index (χ0n) is 18.1.